The van der Waals surface area contributed by atoms with E-state index in [2.05, 4.69) is 0 Å². The largest absolute Gasteiger partial charge is 0.481 e. The summed E-state index contributed by atoms with van der Waals surface area (Å²) < 4.78 is 19.3. The third kappa shape index (κ3) is 5.26. The number of hydrogen-bond acceptors (Lipinski definition) is 2. The smallest absolute Gasteiger partial charge is 0.304 e. The van der Waals surface area contributed by atoms with E-state index in [-0.39, 0.29) is 6.42 Å². The first kappa shape index (κ1) is 11.6. The van der Waals surface area contributed by atoms with Crippen LogP contribution >= 0.6 is 0 Å². The molecular formula is C7H14O4S. The zero-order valence-electron chi connectivity index (χ0n) is 7.02. The Kier molecular flexibility index (Phi) is 5.92. The Morgan fingerprint density at radius 3 is 2.50 bits per heavy atom. The summed E-state index contributed by atoms with van der Waals surface area (Å²) in [6.45, 7) is 1.96. The number of rotatable bonds is 6. The molecule has 5 heteroatoms. The van der Waals surface area contributed by atoms with Crippen molar-refractivity contribution in [3.05, 3.63) is 0 Å². The zero-order chi connectivity index (χ0) is 9.56. The van der Waals surface area contributed by atoms with Gasteiger partial charge in [0.1, 0.15) is 0 Å². The van der Waals surface area contributed by atoms with Gasteiger partial charge < -0.3 is 9.66 Å². The maximum absolute atomic E-state index is 10.6. The van der Waals surface area contributed by atoms with Crippen LogP contribution < -0.4 is 0 Å². The number of carboxylic acids is 1. The summed E-state index contributed by atoms with van der Waals surface area (Å²) in [5.74, 6) is -1.02. The summed E-state index contributed by atoms with van der Waals surface area (Å²) in [6.07, 6.45) is 1.99. The van der Waals surface area contributed by atoms with Gasteiger partial charge >= 0.3 is 5.97 Å². The minimum Gasteiger partial charge on any atom is -0.481 e. The SMILES string of the molecule is CCCCC(CC(=O)O)S(=O)O. The molecule has 0 aromatic rings. The van der Waals surface area contributed by atoms with E-state index in [0.29, 0.717) is 6.42 Å². The zero-order valence-corrected chi connectivity index (χ0v) is 7.84. The maximum Gasteiger partial charge on any atom is 0.304 e. The molecule has 0 fully saturated rings. The second kappa shape index (κ2) is 6.14. The summed E-state index contributed by atoms with van der Waals surface area (Å²) in [6, 6.07) is 0. The Morgan fingerprint density at radius 2 is 2.17 bits per heavy atom. The molecule has 2 unspecified atom stereocenters. The van der Waals surface area contributed by atoms with Crippen molar-refractivity contribution in [2.45, 2.75) is 37.9 Å². The van der Waals surface area contributed by atoms with E-state index in [1.165, 1.54) is 0 Å². The first-order valence-corrected chi connectivity index (χ1v) is 5.06. The average Bonchev–Trinajstić information content (AvgIpc) is 1.96. The van der Waals surface area contributed by atoms with Gasteiger partial charge in [-0.3, -0.25) is 4.79 Å². The van der Waals surface area contributed by atoms with Crippen LogP contribution in [0.25, 0.3) is 0 Å². The average molecular weight is 194 g/mol. The molecule has 12 heavy (non-hydrogen) atoms. The fourth-order valence-corrected chi connectivity index (χ4v) is 1.55. The highest BCUT2D eigenvalue weighted by Crippen LogP contribution is 2.09. The maximum atomic E-state index is 10.6. The lowest BCUT2D eigenvalue weighted by atomic mass is 10.1. The molecule has 0 aliphatic carbocycles. The van der Waals surface area contributed by atoms with Gasteiger partial charge in [-0.2, -0.15) is 0 Å². The van der Waals surface area contributed by atoms with Gasteiger partial charge in [0.2, 0.25) is 0 Å². The molecule has 0 rings (SSSR count). The Hall–Kier alpha value is -0.420. The highest BCUT2D eigenvalue weighted by atomic mass is 32.2. The lowest BCUT2D eigenvalue weighted by Crippen LogP contribution is -2.18. The molecule has 0 amide bonds. The third-order valence-corrected chi connectivity index (χ3v) is 2.54. The summed E-state index contributed by atoms with van der Waals surface area (Å²) in [7, 11) is 0. The van der Waals surface area contributed by atoms with Gasteiger partial charge in [-0.15, -0.1) is 0 Å². The van der Waals surface area contributed by atoms with Crippen molar-refractivity contribution in [3.63, 3.8) is 0 Å². The topological polar surface area (TPSA) is 74.6 Å². The van der Waals surface area contributed by atoms with E-state index in [9.17, 15) is 9.00 Å². The van der Waals surface area contributed by atoms with Gasteiger partial charge in [0.15, 0.2) is 11.1 Å². The molecule has 4 nitrogen and oxygen atoms in total. The van der Waals surface area contributed by atoms with Gasteiger partial charge in [0.05, 0.1) is 11.7 Å². The van der Waals surface area contributed by atoms with Crippen LogP contribution in [0.2, 0.25) is 0 Å². The first-order chi connectivity index (χ1) is 5.57. The van der Waals surface area contributed by atoms with Gasteiger partial charge in [-0.1, -0.05) is 19.8 Å². The van der Waals surface area contributed by atoms with E-state index in [0.717, 1.165) is 12.8 Å². The quantitative estimate of drug-likeness (QED) is 0.624. The Morgan fingerprint density at radius 1 is 1.58 bits per heavy atom. The van der Waals surface area contributed by atoms with Crippen LogP contribution in [0.15, 0.2) is 0 Å². The van der Waals surface area contributed by atoms with Crippen molar-refractivity contribution in [2.24, 2.45) is 0 Å². The van der Waals surface area contributed by atoms with Crippen molar-refractivity contribution in [2.75, 3.05) is 0 Å². The van der Waals surface area contributed by atoms with Crippen LogP contribution in [0.3, 0.4) is 0 Å². The summed E-state index contributed by atoms with van der Waals surface area (Å²) in [5, 5.41) is 7.78. The molecule has 0 heterocycles. The Labute approximate surface area is 74.3 Å². The summed E-state index contributed by atoms with van der Waals surface area (Å²) in [4.78, 5) is 10.2. The number of carboxylic acid groups (broad SMARTS) is 1. The molecule has 0 radical (unpaired) electrons. The molecule has 0 aliphatic rings. The third-order valence-electron chi connectivity index (χ3n) is 1.57. The van der Waals surface area contributed by atoms with Crippen LogP contribution in [0.5, 0.6) is 0 Å². The molecular weight excluding hydrogens is 180 g/mol. The van der Waals surface area contributed by atoms with Crippen LogP contribution in [-0.2, 0) is 15.9 Å². The molecule has 2 atom stereocenters. The number of carbonyl (C=O) groups is 1. The van der Waals surface area contributed by atoms with Gasteiger partial charge in [-0.25, -0.2) is 4.21 Å². The lowest BCUT2D eigenvalue weighted by Gasteiger charge is -2.08. The minimum atomic E-state index is -2.01. The predicted octanol–water partition coefficient (Wildman–Crippen LogP) is 1.24. The molecule has 2 N–H and O–H groups in total. The molecule has 0 saturated carbocycles. The molecule has 0 aromatic carbocycles. The van der Waals surface area contributed by atoms with Crippen LogP contribution in [0.1, 0.15) is 32.6 Å². The molecule has 0 aromatic heterocycles. The fourth-order valence-electron chi connectivity index (χ4n) is 0.901. The van der Waals surface area contributed by atoms with Crippen LogP contribution in [-0.4, -0.2) is 25.1 Å². The summed E-state index contributed by atoms with van der Waals surface area (Å²) in [5.41, 5.74) is 0. The van der Waals surface area contributed by atoms with E-state index >= 15 is 0 Å². The van der Waals surface area contributed by atoms with Crippen molar-refractivity contribution < 1.29 is 18.7 Å². The second-order valence-corrected chi connectivity index (χ2v) is 3.86. The van der Waals surface area contributed by atoms with Crippen LogP contribution in [0, 0.1) is 0 Å². The van der Waals surface area contributed by atoms with E-state index in [1.807, 2.05) is 6.92 Å². The van der Waals surface area contributed by atoms with Crippen molar-refractivity contribution in [3.8, 4) is 0 Å². The predicted molar refractivity (Wildman–Crippen MR) is 46.3 cm³/mol. The normalized spacial score (nSPS) is 15.5. The van der Waals surface area contributed by atoms with Gasteiger partial charge in [0, 0.05) is 0 Å². The Balaban J connectivity index is 3.87. The second-order valence-electron chi connectivity index (χ2n) is 2.64. The lowest BCUT2D eigenvalue weighted by molar-refractivity contribution is -0.137. The molecule has 72 valence electrons. The molecule has 0 aliphatic heterocycles. The highest BCUT2D eigenvalue weighted by molar-refractivity contribution is 7.79. The minimum absolute atomic E-state index is 0.219. The van der Waals surface area contributed by atoms with Crippen LogP contribution in [0.4, 0.5) is 0 Å². The number of hydrogen-bond donors (Lipinski definition) is 2. The van der Waals surface area contributed by atoms with Gasteiger partial charge in [-0.05, 0) is 6.42 Å². The van der Waals surface area contributed by atoms with E-state index in [4.69, 9.17) is 9.66 Å². The standard InChI is InChI=1S/C7H14O4S/c1-2-3-4-6(12(10)11)5-7(8)9/h6H,2-5H2,1H3,(H,8,9)(H,10,11). The number of unbranched alkanes of at least 4 members (excludes halogenated alkanes) is 1. The highest BCUT2D eigenvalue weighted by Gasteiger charge is 2.17. The van der Waals surface area contributed by atoms with Crippen molar-refractivity contribution >= 4 is 17.0 Å². The van der Waals surface area contributed by atoms with E-state index in [1.54, 1.807) is 0 Å². The molecule has 0 bridgehead atoms. The van der Waals surface area contributed by atoms with E-state index < -0.39 is 22.3 Å². The number of aliphatic carboxylic acids is 1. The molecule has 0 saturated heterocycles. The molecule has 0 spiro atoms. The fraction of sp³-hybridized carbons (Fsp3) is 0.857. The summed E-state index contributed by atoms with van der Waals surface area (Å²) >= 11 is -2.01. The van der Waals surface area contributed by atoms with Crippen molar-refractivity contribution in [1.82, 2.24) is 0 Å². The van der Waals surface area contributed by atoms with Gasteiger partial charge in [0.25, 0.3) is 0 Å². The Bertz CT molecular complexity index is 169. The first-order valence-electron chi connectivity index (χ1n) is 3.89. The monoisotopic (exact) mass is 194 g/mol. The van der Waals surface area contributed by atoms with Crippen molar-refractivity contribution in [1.29, 1.82) is 0 Å².